The summed E-state index contributed by atoms with van der Waals surface area (Å²) in [6, 6.07) is 11.9. The van der Waals surface area contributed by atoms with Gasteiger partial charge in [-0.15, -0.1) is 0 Å². The molecule has 2 rings (SSSR count). The number of methoxy groups -OCH3 is 1. The molecule has 1 heterocycles. The van der Waals surface area contributed by atoms with Gasteiger partial charge in [0.15, 0.2) is 0 Å². The van der Waals surface area contributed by atoms with Gasteiger partial charge in [-0.1, -0.05) is 37.3 Å². The van der Waals surface area contributed by atoms with Gasteiger partial charge in [0.1, 0.15) is 6.10 Å². The molecule has 0 fully saturated rings. The van der Waals surface area contributed by atoms with Crippen molar-refractivity contribution in [3.63, 3.8) is 0 Å². The normalized spacial score (nSPS) is 14.2. The molecule has 20 heavy (non-hydrogen) atoms. The van der Waals surface area contributed by atoms with Crippen LogP contribution in [0.1, 0.15) is 36.7 Å². The molecule has 1 aromatic carbocycles. The van der Waals surface area contributed by atoms with Gasteiger partial charge in [-0.3, -0.25) is 10.5 Å². The topological polar surface area (TPSA) is 65.1 Å². The Morgan fingerprint density at radius 1 is 1.30 bits per heavy atom. The zero-order chi connectivity index (χ0) is 14.4. The lowest BCUT2D eigenvalue weighted by Crippen LogP contribution is -2.35. The van der Waals surface area contributed by atoms with E-state index in [0.29, 0.717) is 0 Å². The molecule has 0 aliphatic heterocycles. The van der Waals surface area contributed by atoms with Crippen molar-refractivity contribution < 1.29 is 4.74 Å². The Bertz CT molecular complexity index is 512. The van der Waals surface area contributed by atoms with Gasteiger partial charge in [-0.2, -0.15) is 5.10 Å². The predicted molar refractivity (Wildman–Crippen MR) is 78.8 cm³/mol. The van der Waals surface area contributed by atoms with E-state index < -0.39 is 0 Å². The number of ether oxygens (including phenoxy) is 1. The second kappa shape index (κ2) is 7.19. The smallest absolute Gasteiger partial charge is 0.104 e. The highest BCUT2D eigenvalue weighted by Gasteiger charge is 2.26. The van der Waals surface area contributed by atoms with Crippen molar-refractivity contribution in [3.8, 4) is 0 Å². The van der Waals surface area contributed by atoms with E-state index in [1.165, 1.54) is 0 Å². The molecule has 1 aromatic heterocycles. The fraction of sp³-hybridized carbons (Fsp3) is 0.400. The zero-order valence-corrected chi connectivity index (χ0v) is 12.0. The third-order valence-electron chi connectivity index (χ3n) is 3.37. The highest BCUT2D eigenvalue weighted by molar-refractivity contribution is 5.22. The number of aromatic nitrogens is 2. The van der Waals surface area contributed by atoms with E-state index in [1.807, 2.05) is 41.1 Å². The summed E-state index contributed by atoms with van der Waals surface area (Å²) in [6.07, 6.45) is 2.66. The van der Waals surface area contributed by atoms with Gasteiger partial charge in [0.05, 0.1) is 11.7 Å². The van der Waals surface area contributed by atoms with Crippen LogP contribution in [0.15, 0.2) is 42.6 Å². The minimum absolute atomic E-state index is 0.142. The highest BCUT2D eigenvalue weighted by Crippen LogP contribution is 2.30. The third kappa shape index (κ3) is 3.07. The predicted octanol–water partition coefficient (Wildman–Crippen LogP) is 2.19. The number of nitrogens with two attached hydrogens (primary N) is 1. The van der Waals surface area contributed by atoms with E-state index in [4.69, 9.17) is 10.6 Å². The Morgan fingerprint density at radius 2 is 2.05 bits per heavy atom. The summed E-state index contributed by atoms with van der Waals surface area (Å²) in [5.41, 5.74) is 4.98. The number of benzene rings is 1. The average molecular weight is 274 g/mol. The Kier molecular flexibility index (Phi) is 5.29. The summed E-state index contributed by atoms with van der Waals surface area (Å²) < 4.78 is 7.63. The zero-order valence-electron chi connectivity index (χ0n) is 12.0. The van der Waals surface area contributed by atoms with E-state index in [1.54, 1.807) is 13.3 Å². The summed E-state index contributed by atoms with van der Waals surface area (Å²) in [5, 5.41) is 4.35. The van der Waals surface area contributed by atoms with Gasteiger partial charge in [0.2, 0.25) is 0 Å². The van der Waals surface area contributed by atoms with E-state index in [2.05, 4.69) is 17.4 Å². The maximum Gasteiger partial charge on any atom is 0.104 e. The van der Waals surface area contributed by atoms with Crippen LogP contribution in [0.5, 0.6) is 0 Å². The first-order chi connectivity index (χ1) is 9.81. The van der Waals surface area contributed by atoms with Crippen molar-refractivity contribution in [2.75, 3.05) is 7.11 Å². The summed E-state index contributed by atoms with van der Waals surface area (Å²) in [7, 11) is 1.70. The Balaban J connectivity index is 2.32. The van der Waals surface area contributed by atoms with Crippen molar-refractivity contribution >= 4 is 0 Å². The van der Waals surface area contributed by atoms with Crippen molar-refractivity contribution in [2.45, 2.75) is 32.0 Å². The SMILES string of the molecule is CCCn1nccc1C(NN)C(OC)c1ccccc1. The molecule has 108 valence electrons. The molecule has 2 unspecified atom stereocenters. The number of aryl methyl sites for hydroxylation is 1. The van der Waals surface area contributed by atoms with E-state index in [9.17, 15) is 0 Å². The fourth-order valence-corrected chi connectivity index (χ4v) is 2.44. The molecule has 5 heteroatoms. The fourth-order valence-electron chi connectivity index (χ4n) is 2.44. The first-order valence-electron chi connectivity index (χ1n) is 6.87. The molecular weight excluding hydrogens is 252 g/mol. The summed E-state index contributed by atoms with van der Waals surface area (Å²) in [4.78, 5) is 0. The average Bonchev–Trinajstić information content (AvgIpc) is 2.94. The van der Waals surface area contributed by atoms with Crippen LogP contribution >= 0.6 is 0 Å². The van der Waals surface area contributed by atoms with Crippen LogP contribution in [-0.2, 0) is 11.3 Å². The summed E-state index contributed by atoms with van der Waals surface area (Å²) >= 11 is 0. The molecule has 2 aromatic rings. The molecule has 0 spiro atoms. The molecule has 2 atom stereocenters. The minimum Gasteiger partial charge on any atom is -0.375 e. The largest absolute Gasteiger partial charge is 0.375 e. The number of hydrazine groups is 1. The van der Waals surface area contributed by atoms with Crippen LogP contribution in [0.2, 0.25) is 0 Å². The molecule has 3 N–H and O–H groups in total. The number of hydrogen-bond acceptors (Lipinski definition) is 4. The van der Waals surface area contributed by atoms with E-state index >= 15 is 0 Å². The second-order valence-electron chi connectivity index (χ2n) is 4.69. The summed E-state index contributed by atoms with van der Waals surface area (Å²) in [5.74, 6) is 5.77. The minimum atomic E-state index is -0.159. The maximum absolute atomic E-state index is 5.77. The maximum atomic E-state index is 5.77. The second-order valence-corrected chi connectivity index (χ2v) is 4.69. The molecule has 0 aliphatic carbocycles. The number of nitrogens with one attached hydrogen (secondary N) is 1. The van der Waals surface area contributed by atoms with Crippen LogP contribution in [0.25, 0.3) is 0 Å². The van der Waals surface area contributed by atoms with Gasteiger partial charge in [0, 0.05) is 19.9 Å². The van der Waals surface area contributed by atoms with Crippen molar-refractivity contribution in [1.82, 2.24) is 15.2 Å². The van der Waals surface area contributed by atoms with Gasteiger partial charge in [-0.05, 0) is 18.1 Å². The van der Waals surface area contributed by atoms with Gasteiger partial charge in [0.25, 0.3) is 0 Å². The van der Waals surface area contributed by atoms with Crippen LogP contribution < -0.4 is 11.3 Å². The molecule has 0 radical (unpaired) electrons. The molecular formula is C15H22N4O. The number of rotatable bonds is 7. The van der Waals surface area contributed by atoms with Crippen LogP contribution in [-0.4, -0.2) is 16.9 Å². The first kappa shape index (κ1) is 14.7. The molecule has 0 amide bonds. The van der Waals surface area contributed by atoms with Crippen molar-refractivity contribution in [1.29, 1.82) is 0 Å². The molecule has 0 saturated heterocycles. The number of nitrogens with zero attached hydrogens (tertiary/aromatic N) is 2. The third-order valence-corrected chi connectivity index (χ3v) is 3.37. The summed E-state index contributed by atoms with van der Waals surface area (Å²) in [6.45, 7) is 2.99. The lowest BCUT2D eigenvalue weighted by molar-refractivity contribution is 0.0646. The van der Waals surface area contributed by atoms with E-state index in [-0.39, 0.29) is 12.1 Å². The standard InChI is InChI=1S/C15H22N4O/c1-3-11-19-13(9-10-17-19)14(18-16)15(20-2)12-7-5-4-6-8-12/h4-10,14-15,18H,3,11,16H2,1-2H3. The lowest BCUT2D eigenvalue weighted by atomic mass is 10.00. The highest BCUT2D eigenvalue weighted by atomic mass is 16.5. The molecule has 0 aliphatic rings. The monoisotopic (exact) mass is 274 g/mol. The van der Waals surface area contributed by atoms with Crippen molar-refractivity contribution in [2.24, 2.45) is 5.84 Å². The Labute approximate surface area is 119 Å². The molecule has 0 saturated carbocycles. The quantitative estimate of drug-likeness (QED) is 0.600. The van der Waals surface area contributed by atoms with Gasteiger partial charge >= 0.3 is 0 Å². The van der Waals surface area contributed by atoms with Crippen LogP contribution in [0.4, 0.5) is 0 Å². The Morgan fingerprint density at radius 3 is 2.65 bits per heavy atom. The number of hydrogen-bond donors (Lipinski definition) is 2. The van der Waals surface area contributed by atoms with Crippen LogP contribution in [0, 0.1) is 0 Å². The molecule has 0 bridgehead atoms. The van der Waals surface area contributed by atoms with Crippen molar-refractivity contribution in [3.05, 3.63) is 53.9 Å². The van der Waals surface area contributed by atoms with Gasteiger partial charge < -0.3 is 4.74 Å². The Hall–Kier alpha value is -1.69. The molecule has 5 nitrogen and oxygen atoms in total. The van der Waals surface area contributed by atoms with Gasteiger partial charge in [-0.25, -0.2) is 5.43 Å². The lowest BCUT2D eigenvalue weighted by Gasteiger charge is -2.26. The van der Waals surface area contributed by atoms with Crippen LogP contribution in [0.3, 0.4) is 0 Å². The first-order valence-corrected chi connectivity index (χ1v) is 6.87. The van der Waals surface area contributed by atoms with E-state index in [0.717, 1.165) is 24.2 Å².